The lowest BCUT2D eigenvalue weighted by molar-refractivity contribution is -0.115. The van der Waals surface area contributed by atoms with Gasteiger partial charge in [-0.15, -0.1) is 0 Å². The Balaban J connectivity index is 1.75. The van der Waals surface area contributed by atoms with Crippen molar-refractivity contribution in [1.29, 1.82) is 0 Å². The number of hydrogen-bond donors (Lipinski definition) is 2. The van der Waals surface area contributed by atoms with Crippen LogP contribution < -0.4 is 11.1 Å². The van der Waals surface area contributed by atoms with Gasteiger partial charge in [0, 0.05) is 5.69 Å². The number of carbonyl (C=O) groups is 1. The van der Waals surface area contributed by atoms with E-state index in [0.29, 0.717) is 22.4 Å². The topological polar surface area (TPSA) is 75.1 Å². The number of anilines is 1. The number of oxazole rings is 1. The molecular weight excluding hydrogens is 275 g/mol. The van der Waals surface area contributed by atoms with Crippen molar-refractivity contribution in [2.75, 3.05) is 5.32 Å². The zero-order chi connectivity index (χ0) is 14.8. The molecule has 0 bridgehead atoms. The number of aromatic amines is 1. The SMILES string of the molecule is O=C(Cc1cccc(F)c1)Nc1ccc2oc(=O)[nH]c2c1. The number of H-pyrrole nitrogens is 1. The van der Waals surface area contributed by atoms with Crippen molar-refractivity contribution < 1.29 is 13.6 Å². The van der Waals surface area contributed by atoms with E-state index in [4.69, 9.17) is 4.42 Å². The Kier molecular flexibility index (Phi) is 3.27. The average Bonchev–Trinajstić information content (AvgIpc) is 2.78. The van der Waals surface area contributed by atoms with Gasteiger partial charge < -0.3 is 9.73 Å². The van der Waals surface area contributed by atoms with Gasteiger partial charge in [-0.1, -0.05) is 12.1 Å². The summed E-state index contributed by atoms with van der Waals surface area (Å²) in [6, 6.07) is 10.7. The fraction of sp³-hybridized carbons (Fsp3) is 0.0667. The van der Waals surface area contributed by atoms with Crippen molar-refractivity contribution in [2.24, 2.45) is 0 Å². The molecule has 2 aromatic carbocycles. The lowest BCUT2D eigenvalue weighted by Gasteiger charge is -2.05. The van der Waals surface area contributed by atoms with E-state index in [9.17, 15) is 14.0 Å². The molecular formula is C15H11FN2O3. The minimum Gasteiger partial charge on any atom is -0.408 e. The highest BCUT2D eigenvalue weighted by Crippen LogP contribution is 2.16. The molecule has 3 aromatic rings. The molecule has 5 nitrogen and oxygen atoms in total. The molecule has 21 heavy (non-hydrogen) atoms. The van der Waals surface area contributed by atoms with E-state index < -0.39 is 5.76 Å². The number of rotatable bonds is 3. The molecule has 0 atom stereocenters. The molecule has 1 heterocycles. The van der Waals surface area contributed by atoms with Gasteiger partial charge in [0.25, 0.3) is 0 Å². The zero-order valence-corrected chi connectivity index (χ0v) is 10.9. The monoisotopic (exact) mass is 286 g/mol. The first-order chi connectivity index (χ1) is 10.1. The number of halogens is 1. The third-order valence-corrected chi connectivity index (χ3v) is 2.96. The third-order valence-electron chi connectivity index (χ3n) is 2.96. The van der Waals surface area contributed by atoms with Crippen LogP contribution in [0.15, 0.2) is 51.7 Å². The van der Waals surface area contributed by atoms with Crippen LogP contribution in [0.1, 0.15) is 5.56 Å². The number of aromatic nitrogens is 1. The quantitative estimate of drug-likeness (QED) is 0.776. The van der Waals surface area contributed by atoms with E-state index in [-0.39, 0.29) is 18.1 Å². The van der Waals surface area contributed by atoms with E-state index in [0.717, 1.165) is 0 Å². The highest BCUT2D eigenvalue weighted by Gasteiger charge is 2.07. The Hall–Kier alpha value is -2.89. The summed E-state index contributed by atoms with van der Waals surface area (Å²) < 4.78 is 17.9. The van der Waals surface area contributed by atoms with Gasteiger partial charge in [-0.3, -0.25) is 9.78 Å². The standard InChI is InChI=1S/C15H11FN2O3/c16-10-3-1-2-9(6-10)7-14(19)17-11-4-5-13-12(8-11)18-15(20)21-13/h1-6,8H,7H2,(H,17,19)(H,18,20). The molecule has 0 aliphatic rings. The molecule has 0 radical (unpaired) electrons. The first kappa shape index (κ1) is 13.1. The number of benzene rings is 2. The lowest BCUT2D eigenvalue weighted by atomic mass is 10.1. The maximum absolute atomic E-state index is 13.0. The molecule has 1 amide bonds. The van der Waals surface area contributed by atoms with Crippen molar-refractivity contribution in [2.45, 2.75) is 6.42 Å². The fourth-order valence-corrected chi connectivity index (χ4v) is 2.07. The van der Waals surface area contributed by atoms with Crippen LogP contribution >= 0.6 is 0 Å². The summed E-state index contributed by atoms with van der Waals surface area (Å²) >= 11 is 0. The second-order valence-corrected chi connectivity index (χ2v) is 4.58. The van der Waals surface area contributed by atoms with Crippen molar-refractivity contribution in [3.8, 4) is 0 Å². The van der Waals surface area contributed by atoms with Crippen molar-refractivity contribution in [1.82, 2.24) is 4.98 Å². The average molecular weight is 286 g/mol. The Bertz CT molecular complexity index is 866. The maximum atomic E-state index is 13.0. The summed E-state index contributed by atoms with van der Waals surface area (Å²) in [6.45, 7) is 0. The summed E-state index contributed by atoms with van der Waals surface area (Å²) in [5.41, 5.74) is 2.04. The highest BCUT2D eigenvalue weighted by molar-refractivity contribution is 5.94. The summed E-state index contributed by atoms with van der Waals surface area (Å²) in [4.78, 5) is 25.5. The zero-order valence-electron chi connectivity index (χ0n) is 10.9. The molecule has 0 fully saturated rings. The predicted octanol–water partition coefficient (Wildman–Crippen LogP) is 2.44. The highest BCUT2D eigenvalue weighted by atomic mass is 19.1. The largest absolute Gasteiger partial charge is 0.417 e. The number of carbonyl (C=O) groups excluding carboxylic acids is 1. The fourth-order valence-electron chi connectivity index (χ4n) is 2.07. The molecule has 2 N–H and O–H groups in total. The van der Waals surface area contributed by atoms with Crippen LogP contribution in [-0.2, 0) is 11.2 Å². The maximum Gasteiger partial charge on any atom is 0.417 e. The Morgan fingerprint density at radius 1 is 1.24 bits per heavy atom. The summed E-state index contributed by atoms with van der Waals surface area (Å²) in [5, 5.41) is 2.69. The second kappa shape index (κ2) is 5.24. The summed E-state index contributed by atoms with van der Waals surface area (Å²) in [6.07, 6.45) is 0.0672. The van der Waals surface area contributed by atoms with Crippen molar-refractivity contribution in [3.05, 3.63) is 64.4 Å². The van der Waals surface area contributed by atoms with Crippen LogP contribution in [-0.4, -0.2) is 10.9 Å². The molecule has 6 heteroatoms. The second-order valence-electron chi connectivity index (χ2n) is 4.58. The lowest BCUT2D eigenvalue weighted by Crippen LogP contribution is -2.14. The van der Waals surface area contributed by atoms with Gasteiger partial charge in [-0.25, -0.2) is 9.18 Å². The minimum absolute atomic E-state index is 0.0672. The van der Waals surface area contributed by atoms with Crippen LogP contribution in [0.25, 0.3) is 11.1 Å². The third kappa shape index (κ3) is 3.00. The van der Waals surface area contributed by atoms with Crippen molar-refractivity contribution >= 4 is 22.7 Å². The molecule has 0 unspecified atom stereocenters. The Morgan fingerprint density at radius 3 is 2.90 bits per heavy atom. The molecule has 3 rings (SSSR count). The minimum atomic E-state index is -0.548. The first-order valence-corrected chi connectivity index (χ1v) is 6.27. The summed E-state index contributed by atoms with van der Waals surface area (Å²) in [5.74, 6) is -1.20. The van der Waals surface area contributed by atoms with Gasteiger partial charge in [0.2, 0.25) is 5.91 Å². The van der Waals surface area contributed by atoms with E-state index in [1.807, 2.05) is 0 Å². The number of amides is 1. The first-order valence-electron chi connectivity index (χ1n) is 6.27. The molecule has 106 valence electrons. The normalized spacial score (nSPS) is 10.7. The van der Waals surface area contributed by atoms with E-state index >= 15 is 0 Å². The van der Waals surface area contributed by atoms with Gasteiger partial charge in [0.05, 0.1) is 11.9 Å². The van der Waals surface area contributed by atoms with Gasteiger partial charge in [-0.2, -0.15) is 0 Å². The molecule has 0 saturated carbocycles. The smallest absolute Gasteiger partial charge is 0.408 e. The molecule has 0 saturated heterocycles. The Labute approximate surface area is 118 Å². The molecule has 0 aliphatic heterocycles. The van der Waals surface area contributed by atoms with Gasteiger partial charge >= 0.3 is 5.76 Å². The van der Waals surface area contributed by atoms with Crippen LogP contribution in [0, 0.1) is 5.82 Å². The van der Waals surface area contributed by atoms with Crippen LogP contribution in [0.3, 0.4) is 0 Å². The van der Waals surface area contributed by atoms with Crippen LogP contribution in [0.4, 0.5) is 10.1 Å². The predicted molar refractivity (Wildman–Crippen MR) is 75.6 cm³/mol. The van der Waals surface area contributed by atoms with Crippen molar-refractivity contribution in [3.63, 3.8) is 0 Å². The number of fused-ring (bicyclic) bond motifs is 1. The van der Waals surface area contributed by atoms with E-state index in [1.54, 1.807) is 30.3 Å². The molecule has 1 aromatic heterocycles. The number of hydrogen-bond acceptors (Lipinski definition) is 3. The Morgan fingerprint density at radius 2 is 2.10 bits per heavy atom. The van der Waals surface area contributed by atoms with Gasteiger partial charge in [0.1, 0.15) is 5.82 Å². The van der Waals surface area contributed by atoms with Gasteiger partial charge in [0.15, 0.2) is 5.58 Å². The molecule has 0 spiro atoms. The van der Waals surface area contributed by atoms with E-state index in [2.05, 4.69) is 10.3 Å². The summed E-state index contributed by atoms with van der Waals surface area (Å²) in [7, 11) is 0. The van der Waals surface area contributed by atoms with E-state index in [1.165, 1.54) is 12.1 Å². The molecule has 0 aliphatic carbocycles. The van der Waals surface area contributed by atoms with Crippen LogP contribution in [0.2, 0.25) is 0 Å². The van der Waals surface area contributed by atoms with Gasteiger partial charge in [-0.05, 0) is 35.9 Å². The number of nitrogens with one attached hydrogen (secondary N) is 2. The van der Waals surface area contributed by atoms with Crippen LogP contribution in [0.5, 0.6) is 0 Å².